The molecule has 1 aromatic carbocycles. The molecule has 2 N–H and O–H groups in total. The molecule has 1 aromatic heterocycles. The van der Waals surface area contributed by atoms with Crippen LogP contribution in [0.1, 0.15) is 13.3 Å². The van der Waals surface area contributed by atoms with E-state index in [2.05, 4.69) is 31.2 Å². The fraction of sp³-hybridized carbons (Fsp3) is 0.231. The first-order chi connectivity index (χ1) is 8.70. The summed E-state index contributed by atoms with van der Waals surface area (Å²) >= 11 is 3.32. The molecule has 0 aliphatic carbocycles. The first-order valence-corrected chi connectivity index (χ1v) is 6.66. The SMILES string of the molecule is CCC(Br)C(=O)Nc1ccc(-c2cnc[nH]2)cc1. The van der Waals surface area contributed by atoms with Crippen LogP contribution in [0.2, 0.25) is 0 Å². The van der Waals surface area contributed by atoms with Gasteiger partial charge in [0, 0.05) is 5.69 Å². The Kier molecular flexibility index (Phi) is 4.15. The van der Waals surface area contributed by atoms with Gasteiger partial charge in [-0.15, -0.1) is 0 Å². The molecule has 94 valence electrons. The van der Waals surface area contributed by atoms with Gasteiger partial charge < -0.3 is 10.3 Å². The van der Waals surface area contributed by atoms with Gasteiger partial charge in [0.2, 0.25) is 5.91 Å². The molecule has 4 nitrogen and oxygen atoms in total. The number of nitrogens with zero attached hydrogens (tertiary/aromatic N) is 1. The van der Waals surface area contributed by atoms with E-state index >= 15 is 0 Å². The standard InChI is InChI=1S/C13H14BrN3O/c1-2-11(14)13(18)17-10-5-3-9(4-6-10)12-7-15-8-16-12/h3-8,11H,2H2,1H3,(H,15,16)(H,17,18). The molecular weight excluding hydrogens is 294 g/mol. The first-order valence-electron chi connectivity index (χ1n) is 5.74. The molecule has 1 heterocycles. The highest BCUT2D eigenvalue weighted by atomic mass is 79.9. The second-order valence-electron chi connectivity index (χ2n) is 3.91. The number of nitrogens with one attached hydrogen (secondary N) is 2. The highest BCUT2D eigenvalue weighted by Gasteiger charge is 2.12. The van der Waals surface area contributed by atoms with Crippen molar-refractivity contribution in [2.75, 3.05) is 5.32 Å². The van der Waals surface area contributed by atoms with E-state index in [1.54, 1.807) is 12.5 Å². The lowest BCUT2D eigenvalue weighted by Gasteiger charge is -2.09. The quantitative estimate of drug-likeness (QED) is 0.852. The molecule has 5 heteroatoms. The summed E-state index contributed by atoms with van der Waals surface area (Å²) in [5.41, 5.74) is 2.79. The Morgan fingerprint density at radius 2 is 2.17 bits per heavy atom. The van der Waals surface area contributed by atoms with Crippen molar-refractivity contribution in [3.05, 3.63) is 36.8 Å². The number of halogens is 1. The number of aromatic nitrogens is 2. The van der Waals surface area contributed by atoms with Crippen molar-refractivity contribution in [2.24, 2.45) is 0 Å². The van der Waals surface area contributed by atoms with Crippen LogP contribution < -0.4 is 5.32 Å². The maximum absolute atomic E-state index is 11.7. The minimum atomic E-state index is -0.148. The Hall–Kier alpha value is -1.62. The number of H-pyrrole nitrogens is 1. The van der Waals surface area contributed by atoms with Gasteiger partial charge in [-0.25, -0.2) is 4.98 Å². The van der Waals surface area contributed by atoms with Crippen molar-refractivity contribution in [2.45, 2.75) is 18.2 Å². The van der Waals surface area contributed by atoms with Crippen molar-refractivity contribution in [3.8, 4) is 11.3 Å². The normalized spacial score (nSPS) is 12.1. The summed E-state index contributed by atoms with van der Waals surface area (Å²) in [4.78, 5) is 18.5. The van der Waals surface area contributed by atoms with Gasteiger partial charge in [0.05, 0.1) is 23.0 Å². The smallest absolute Gasteiger partial charge is 0.238 e. The summed E-state index contributed by atoms with van der Waals surface area (Å²) < 4.78 is 0. The molecule has 2 rings (SSSR count). The van der Waals surface area contributed by atoms with Gasteiger partial charge >= 0.3 is 0 Å². The lowest BCUT2D eigenvalue weighted by atomic mass is 10.1. The zero-order valence-corrected chi connectivity index (χ0v) is 11.6. The van der Waals surface area contributed by atoms with Crippen molar-refractivity contribution >= 4 is 27.5 Å². The molecule has 0 aliphatic heterocycles. The molecule has 0 aliphatic rings. The zero-order chi connectivity index (χ0) is 13.0. The van der Waals surface area contributed by atoms with E-state index in [0.717, 1.165) is 23.4 Å². The number of amides is 1. The van der Waals surface area contributed by atoms with Crippen molar-refractivity contribution in [1.29, 1.82) is 0 Å². The number of benzene rings is 1. The number of aromatic amines is 1. The molecule has 0 fully saturated rings. The topological polar surface area (TPSA) is 57.8 Å². The third-order valence-electron chi connectivity index (χ3n) is 2.60. The maximum Gasteiger partial charge on any atom is 0.238 e. The van der Waals surface area contributed by atoms with Crippen LogP contribution in [0.25, 0.3) is 11.3 Å². The Bertz CT molecular complexity index is 508. The largest absolute Gasteiger partial charge is 0.345 e. The number of hydrogen-bond donors (Lipinski definition) is 2. The van der Waals surface area contributed by atoms with Gasteiger partial charge in [-0.2, -0.15) is 0 Å². The van der Waals surface area contributed by atoms with Crippen molar-refractivity contribution in [3.63, 3.8) is 0 Å². The third-order valence-corrected chi connectivity index (χ3v) is 3.67. The summed E-state index contributed by atoms with van der Waals surface area (Å²) in [6.45, 7) is 1.96. The average Bonchev–Trinajstić information content (AvgIpc) is 2.92. The van der Waals surface area contributed by atoms with Crippen LogP contribution in [0, 0.1) is 0 Å². The number of imidazole rings is 1. The van der Waals surface area contributed by atoms with Gasteiger partial charge in [-0.1, -0.05) is 35.0 Å². The molecule has 0 saturated carbocycles. The predicted octanol–water partition coefficient (Wildman–Crippen LogP) is 3.19. The lowest BCUT2D eigenvalue weighted by molar-refractivity contribution is -0.115. The first kappa shape index (κ1) is 12.8. The van der Waals surface area contributed by atoms with Gasteiger partial charge in [0.1, 0.15) is 0 Å². The van der Waals surface area contributed by atoms with E-state index in [1.165, 1.54) is 0 Å². The average molecular weight is 308 g/mol. The molecule has 0 spiro atoms. The van der Waals surface area contributed by atoms with Gasteiger partial charge in [0.25, 0.3) is 0 Å². The molecule has 1 unspecified atom stereocenters. The summed E-state index contributed by atoms with van der Waals surface area (Å²) in [5, 5.41) is 2.85. The van der Waals surface area contributed by atoms with E-state index < -0.39 is 0 Å². The van der Waals surface area contributed by atoms with E-state index in [0.29, 0.717) is 0 Å². The van der Waals surface area contributed by atoms with Crippen LogP contribution in [0.15, 0.2) is 36.8 Å². The van der Waals surface area contributed by atoms with Crippen LogP contribution in [-0.4, -0.2) is 20.7 Å². The minimum Gasteiger partial charge on any atom is -0.345 e. The number of alkyl halides is 1. The molecule has 18 heavy (non-hydrogen) atoms. The van der Waals surface area contributed by atoms with Gasteiger partial charge in [-0.05, 0) is 24.1 Å². The number of hydrogen-bond acceptors (Lipinski definition) is 2. The second-order valence-corrected chi connectivity index (χ2v) is 5.01. The number of rotatable bonds is 4. The Labute approximate surface area is 114 Å². The molecule has 2 aromatic rings. The fourth-order valence-electron chi connectivity index (χ4n) is 1.55. The van der Waals surface area contributed by atoms with E-state index in [-0.39, 0.29) is 10.7 Å². The van der Waals surface area contributed by atoms with Gasteiger partial charge in [-0.3, -0.25) is 4.79 Å². The number of carbonyl (C=O) groups excluding carboxylic acids is 1. The van der Waals surface area contributed by atoms with Crippen LogP contribution in [0.5, 0.6) is 0 Å². The molecule has 1 amide bonds. The molecule has 0 radical (unpaired) electrons. The molecule has 1 atom stereocenters. The van der Waals surface area contributed by atoms with Crippen LogP contribution in [0.3, 0.4) is 0 Å². The molecular formula is C13H14BrN3O. The Balaban J connectivity index is 2.06. The number of anilines is 1. The number of carbonyl (C=O) groups is 1. The van der Waals surface area contributed by atoms with E-state index in [1.807, 2.05) is 31.2 Å². The van der Waals surface area contributed by atoms with Crippen LogP contribution >= 0.6 is 15.9 Å². The second kappa shape index (κ2) is 5.82. The maximum atomic E-state index is 11.7. The third kappa shape index (κ3) is 2.98. The van der Waals surface area contributed by atoms with Crippen molar-refractivity contribution in [1.82, 2.24) is 9.97 Å². The zero-order valence-electron chi connectivity index (χ0n) is 9.98. The molecule has 0 bridgehead atoms. The summed E-state index contributed by atoms with van der Waals surface area (Å²) in [6, 6.07) is 7.64. The fourth-order valence-corrected chi connectivity index (χ4v) is 1.67. The van der Waals surface area contributed by atoms with Crippen LogP contribution in [-0.2, 0) is 4.79 Å². The summed E-state index contributed by atoms with van der Waals surface area (Å²) in [7, 11) is 0. The highest BCUT2D eigenvalue weighted by Crippen LogP contribution is 2.19. The van der Waals surface area contributed by atoms with Crippen LogP contribution in [0.4, 0.5) is 5.69 Å². The van der Waals surface area contributed by atoms with Crippen molar-refractivity contribution < 1.29 is 4.79 Å². The summed E-state index contributed by atoms with van der Waals surface area (Å²) in [5.74, 6) is -0.0215. The molecule has 0 saturated heterocycles. The van der Waals surface area contributed by atoms with E-state index in [9.17, 15) is 4.79 Å². The Morgan fingerprint density at radius 1 is 1.44 bits per heavy atom. The van der Waals surface area contributed by atoms with E-state index in [4.69, 9.17) is 0 Å². The van der Waals surface area contributed by atoms with Gasteiger partial charge in [0.15, 0.2) is 0 Å². The lowest BCUT2D eigenvalue weighted by Crippen LogP contribution is -2.21. The highest BCUT2D eigenvalue weighted by molar-refractivity contribution is 9.10. The minimum absolute atomic E-state index is 0.0215. The predicted molar refractivity (Wildman–Crippen MR) is 75.7 cm³/mol. The Morgan fingerprint density at radius 3 is 2.72 bits per heavy atom. The summed E-state index contributed by atoms with van der Waals surface area (Å²) in [6.07, 6.45) is 4.17. The monoisotopic (exact) mass is 307 g/mol.